The molecule has 0 unspecified atom stereocenters. The number of hydrogen-bond acceptors (Lipinski definition) is 3. The molecule has 0 aliphatic carbocycles. The first-order valence-electron chi connectivity index (χ1n) is 4.35. The summed E-state index contributed by atoms with van der Waals surface area (Å²) < 4.78 is 0. The monoisotopic (exact) mass is 185 g/mol. The van der Waals surface area contributed by atoms with Crippen LogP contribution >= 0.6 is 0 Å². The van der Waals surface area contributed by atoms with Crippen molar-refractivity contribution in [3.63, 3.8) is 0 Å². The highest BCUT2D eigenvalue weighted by atomic mass is 14.7. The lowest BCUT2D eigenvalue weighted by molar-refractivity contribution is 1.27. The van der Waals surface area contributed by atoms with E-state index in [1.807, 2.05) is 30.3 Å². The van der Waals surface area contributed by atoms with Crippen molar-refractivity contribution in [3.05, 3.63) is 40.9 Å². The lowest BCUT2D eigenvalue weighted by atomic mass is 10.2. The predicted molar refractivity (Wildman–Crippen MR) is 58.3 cm³/mol. The molecule has 2 rings (SSSR count). The Morgan fingerprint density at radius 3 is 2.57 bits per heavy atom. The maximum Gasteiger partial charge on any atom is 0.0878 e. The van der Waals surface area contributed by atoms with E-state index in [-0.39, 0.29) is 0 Å². The molecule has 0 radical (unpaired) electrons. The van der Waals surface area contributed by atoms with Gasteiger partial charge in [0, 0.05) is 23.0 Å². The van der Waals surface area contributed by atoms with E-state index in [1.165, 1.54) is 12.4 Å². The second-order valence-electron chi connectivity index (χ2n) is 2.99. The summed E-state index contributed by atoms with van der Waals surface area (Å²) in [5.41, 5.74) is 11.9. The summed E-state index contributed by atoms with van der Waals surface area (Å²) in [7, 11) is 0. The van der Waals surface area contributed by atoms with Crippen LogP contribution in [0.2, 0.25) is 0 Å². The highest BCUT2D eigenvalue weighted by Gasteiger charge is 1.93. The van der Waals surface area contributed by atoms with Crippen LogP contribution in [0.3, 0.4) is 0 Å². The molecule has 0 saturated heterocycles. The number of rotatable bonds is 0. The maximum atomic E-state index is 5.48. The summed E-state index contributed by atoms with van der Waals surface area (Å²) in [4.78, 5) is 4.37. The molecular weight excluding hydrogens is 174 g/mol. The largest absolute Gasteiger partial charge is 0.404 e. The van der Waals surface area contributed by atoms with Gasteiger partial charge in [0.05, 0.1) is 10.9 Å². The molecule has 1 aromatic carbocycles. The van der Waals surface area contributed by atoms with Crippen LogP contribution in [0.5, 0.6) is 0 Å². The molecule has 2 aromatic rings. The zero-order chi connectivity index (χ0) is 9.97. The van der Waals surface area contributed by atoms with Crippen LogP contribution in [0, 0.1) is 0 Å². The first-order chi connectivity index (χ1) is 6.85. The molecule has 0 aliphatic heterocycles. The number of nitrogens with two attached hydrogens (primary N) is 2. The average Bonchev–Trinajstić information content (AvgIpc) is 2.27. The van der Waals surface area contributed by atoms with Gasteiger partial charge in [-0.25, -0.2) is 4.98 Å². The molecule has 0 spiro atoms. The SMILES string of the molecule is N/C=c1/cc2ccccc2n/c1=C/N. The highest BCUT2D eigenvalue weighted by Crippen LogP contribution is 2.04. The van der Waals surface area contributed by atoms with Crippen LogP contribution in [-0.4, -0.2) is 4.98 Å². The second-order valence-corrected chi connectivity index (χ2v) is 2.99. The van der Waals surface area contributed by atoms with Crippen LogP contribution < -0.4 is 22.0 Å². The quantitative estimate of drug-likeness (QED) is 0.588. The predicted octanol–water partition coefficient (Wildman–Crippen LogP) is -0.372. The van der Waals surface area contributed by atoms with Gasteiger partial charge < -0.3 is 11.5 Å². The van der Waals surface area contributed by atoms with Crippen molar-refractivity contribution >= 4 is 23.3 Å². The third-order valence-corrected chi connectivity index (χ3v) is 2.12. The Hall–Kier alpha value is -2.03. The molecule has 1 aromatic heterocycles. The fourth-order valence-electron chi connectivity index (χ4n) is 1.41. The van der Waals surface area contributed by atoms with Crippen molar-refractivity contribution in [3.8, 4) is 0 Å². The lowest BCUT2D eigenvalue weighted by Gasteiger charge is -1.96. The van der Waals surface area contributed by atoms with E-state index in [0.29, 0.717) is 5.35 Å². The topological polar surface area (TPSA) is 64.9 Å². The first-order valence-corrected chi connectivity index (χ1v) is 4.35. The van der Waals surface area contributed by atoms with E-state index in [1.54, 1.807) is 0 Å². The number of aromatic nitrogens is 1. The first kappa shape index (κ1) is 8.56. The number of benzene rings is 1. The minimum atomic E-state index is 0.714. The molecule has 0 fully saturated rings. The van der Waals surface area contributed by atoms with Gasteiger partial charge in [0.15, 0.2) is 0 Å². The normalized spacial score (nSPS) is 13.7. The Balaban J connectivity index is 2.98. The van der Waals surface area contributed by atoms with Crippen molar-refractivity contribution in [1.29, 1.82) is 0 Å². The molecule has 0 saturated carbocycles. The van der Waals surface area contributed by atoms with E-state index in [4.69, 9.17) is 11.5 Å². The van der Waals surface area contributed by atoms with E-state index in [2.05, 4.69) is 4.98 Å². The van der Waals surface area contributed by atoms with Crippen LogP contribution in [0.1, 0.15) is 0 Å². The van der Waals surface area contributed by atoms with Gasteiger partial charge in [-0.2, -0.15) is 0 Å². The van der Waals surface area contributed by atoms with Gasteiger partial charge in [0.2, 0.25) is 0 Å². The van der Waals surface area contributed by atoms with Crippen molar-refractivity contribution < 1.29 is 0 Å². The Morgan fingerprint density at radius 1 is 1.07 bits per heavy atom. The zero-order valence-corrected chi connectivity index (χ0v) is 7.64. The molecule has 0 aliphatic rings. The summed E-state index contributed by atoms with van der Waals surface area (Å²) in [6.45, 7) is 0. The van der Waals surface area contributed by atoms with Gasteiger partial charge in [-0.15, -0.1) is 0 Å². The van der Waals surface area contributed by atoms with Crippen molar-refractivity contribution in [1.82, 2.24) is 4.98 Å². The summed E-state index contributed by atoms with van der Waals surface area (Å²) in [5.74, 6) is 0. The van der Waals surface area contributed by atoms with Gasteiger partial charge in [0.1, 0.15) is 0 Å². The van der Waals surface area contributed by atoms with Gasteiger partial charge in [0.25, 0.3) is 0 Å². The molecule has 0 amide bonds. The second kappa shape index (κ2) is 3.38. The Labute approximate surface area is 81.4 Å². The number of hydrogen-bond donors (Lipinski definition) is 2. The summed E-state index contributed by atoms with van der Waals surface area (Å²) in [6, 6.07) is 9.83. The molecular formula is C11H11N3. The zero-order valence-electron chi connectivity index (χ0n) is 7.64. The fraction of sp³-hybridized carbons (Fsp3) is 0. The summed E-state index contributed by atoms with van der Waals surface area (Å²) >= 11 is 0. The van der Waals surface area contributed by atoms with Crippen LogP contribution in [0.25, 0.3) is 23.3 Å². The molecule has 0 atom stereocenters. The van der Waals surface area contributed by atoms with E-state index in [0.717, 1.165) is 16.1 Å². The number of fused-ring (bicyclic) bond motifs is 1. The van der Waals surface area contributed by atoms with E-state index < -0.39 is 0 Å². The molecule has 70 valence electrons. The fourth-order valence-corrected chi connectivity index (χ4v) is 1.41. The minimum absolute atomic E-state index is 0.714. The Morgan fingerprint density at radius 2 is 1.86 bits per heavy atom. The molecule has 3 nitrogen and oxygen atoms in total. The van der Waals surface area contributed by atoms with Crippen molar-refractivity contribution in [2.24, 2.45) is 11.5 Å². The molecule has 0 bridgehead atoms. The van der Waals surface area contributed by atoms with Crippen molar-refractivity contribution in [2.45, 2.75) is 0 Å². The third kappa shape index (κ3) is 1.29. The summed E-state index contributed by atoms with van der Waals surface area (Å²) in [6.07, 6.45) is 2.98. The highest BCUT2D eigenvalue weighted by molar-refractivity contribution is 5.78. The Kier molecular flexibility index (Phi) is 2.07. The Bertz CT molecular complexity index is 520. The van der Waals surface area contributed by atoms with Crippen molar-refractivity contribution in [2.75, 3.05) is 0 Å². The third-order valence-electron chi connectivity index (χ3n) is 2.12. The summed E-state index contributed by atoms with van der Waals surface area (Å²) in [5, 5.41) is 2.63. The number of para-hydroxylation sites is 1. The smallest absolute Gasteiger partial charge is 0.0878 e. The molecule has 14 heavy (non-hydrogen) atoms. The molecule has 3 heteroatoms. The van der Waals surface area contributed by atoms with E-state index >= 15 is 0 Å². The van der Waals surface area contributed by atoms with Gasteiger partial charge >= 0.3 is 0 Å². The maximum absolute atomic E-state index is 5.48. The lowest BCUT2D eigenvalue weighted by Crippen LogP contribution is -2.30. The number of pyridine rings is 1. The van der Waals surface area contributed by atoms with Gasteiger partial charge in [-0.1, -0.05) is 18.2 Å². The number of nitrogens with zero attached hydrogens (tertiary/aromatic N) is 1. The van der Waals surface area contributed by atoms with Gasteiger partial charge in [-0.05, 0) is 12.1 Å². The average molecular weight is 185 g/mol. The van der Waals surface area contributed by atoms with E-state index in [9.17, 15) is 0 Å². The molecule has 4 N–H and O–H groups in total. The van der Waals surface area contributed by atoms with Crippen LogP contribution in [-0.2, 0) is 0 Å². The molecule has 1 heterocycles. The van der Waals surface area contributed by atoms with Gasteiger partial charge in [-0.3, -0.25) is 0 Å². The standard InChI is InChI=1S/C11H11N3/c12-6-9-5-8-3-1-2-4-10(8)14-11(9)7-13/h1-7H,12-13H2/b9-6-,11-7+. The van der Waals surface area contributed by atoms with Crippen LogP contribution in [0.15, 0.2) is 30.3 Å². The van der Waals surface area contributed by atoms with Crippen LogP contribution in [0.4, 0.5) is 0 Å². The minimum Gasteiger partial charge on any atom is -0.404 e.